The SMILES string of the molecule is COc1ccc(-c2cccc(-c3cc(C4CCNC4)[nH]n3)c2)cc1. The van der Waals surface area contributed by atoms with E-state index < -0.39 is 0 Å². The van der Waals surface area contributed by atoms with Crippen molar-refractivity contribution in [1.29, 1.82) is 0 Å². The Morgan fingerprint density at radius 1 is 1.00 bits per heavy atom. The van der Waals surface area contributed by atoms with Crippen LogP contribution in [0, 0.1) is 0 Å². The van der Waals surface area contributed by atoms with E-state index in [-0.39, 0.29) is 0 Å². The Labute approximate surface area is 141 Å². The smallest absolute Gasteiger partial charge is 0.118 e. The molecule has 1 aliphatic heterocycles. The number of rotatable bonds is 4. The third kappa shape index (κ3) is 2.93. The molecule has 2 N–H and O–H groups in total. The van der Waals surface area contributed by atoms with Crippen LogP contribution in [0.3, 0.4) is 0 Å². The zero-order chi connectivity index (χ0) is 16.4. The molecule has 1 atom stereocenters. The third-order valence-electron chi connectivity index (χ3n) is 4.68. The molecule has 1 unspecified atom stereocenters. The zero-order valence-electron chi connectivity index (χ0n) is 13.8. The fourth-order valence-electron chi connectivity index (χ4n) is 3.26. The molecule has 0 aliphatic carbocycles. The third-order valence-corrected chi connectivity index (χ3v) is 4.68. The Balaban J connectivity index is 1.62. The van der Waals surface area contributed by atoms with Crippen LogP contribution in [0.25, 0.3) is 22.4 Å². The monoisotopic (exact) mass is 319 g/mol. The molecular weight excluding hydrogens is 298 g/mol. The minimum atomic E-state index is 0.552. The molecule has 4 heteroatoms. The van der Waals surface area contributed by atoms with Gasteiger partial charge in [-0.25, -0.2) is 0 Å². The van der Waals surface area contributed by atoms with Gasteiger partial charge in [-0.1, -0.05) is 30.3 Å². The molecule has 122 valence electrons. The van der Waals surface area contributed by atoms with Crippen molar-refractivity contribution in [2.75, 3.05) is 20.2 Å². The zero-order valence-corrected chi connectivity index (χ0v) is 13.8. The van der Waals surface area contributed by atoms with Gasteiger partial charge in [0.15, 0.2) is 0 Å². The largest absolute Gasteiger partial charge is 0.497 e. The van der Waals surface area contributed by atoms with Crippen LogP contribution in [-0.2, 0) is 0 Å². The number of aromatic amines is 1. The number of ether oxygens (including phenoxy) is 1. The van der Waals surface area contributed by atoms with Crippen molar-refractivity contribution in [3.05, 3.63) is 60.3 Å². The summed E-state index contributed by atoms with van der Waals surface area (Å²) in [5.41, 5.74) is 5.73. The Bertz CT molecular complexity index is 817. The summed E-state index contributed by atoms with van der Waals surface area (Å²) in [5.74, 6) is 1.42. The number of benzene rings is 2. The predicted molar refractivity (Wildman–Crippen MR) is 96.2 cm³/mol. The summed E-state index contributed by atoms with van der Waals surface area (Å²) in [7, 11) is 1.69. The Kier molecular flexibility index (Phi) is 4.05. The highest BCUT2D eigenvalue weighted by Crippen LogP contribution is 2.29. The summed E-state index contributed by atoms with van der Waals surface area (Å²) in [6, 6.07) is 18.8. The maximum atomic E-state index is 5.23. The number of nitrogens with zero attached hydrogens (tertiary/aromatic N) is 1. The fraction of sp³-hybridized carbons (Fsp3) is 0.250. The molecule has 4 rings (SSSR count). The summed E-state index contributed by atoms with van der Waals surface area (Å²) >= 11 is 0. The molecule has 1 fully saturated rings. The second-order valence-electron chi connectivity index (χ2n) is 6.21. The van der Waals surface area contributed by atoms with Crippen molar-refractivity contribution in [3.8, 4) is 28.1 Å². The number of methoxy groups -OCH3 is 1. The molecule has 0 spiro atoms. The van der Waals surface area contributed by atoms with E-state index in [9.17, 15) is 0 Å². The molecule has 4 nitrogen and oxygen atoms in total. The number of hydrogen-bond acceptors (Lipinski definition) is 3. The van der Waals surface area contributed by atoms with Gasteiger partial charge in [0.05, 0.1) is 12.8 Å². The predicted octanol–water partition coefficient (Wildman–Crippen LogP) is 3.83. The van der Waals surface area contributed by atoms with Gasteiger partial charge in [-0.15, -0.1) is 0 Å². The van der Waals surface area contributed by atoms with Crippen molar-refractivity contribution in [2.45, 2.75) is 12.3 Å². The van der Waals surface area contributed by atoms with Crippen molar-refractivity contribution < 1.29 is 4.74 Å². The van der Waals surface area contributed by atoms with Gasteiger partial charge in [-0.05, 0) is 48.4 Å². The van der Waals surface area contributed by atoms with E-state index in [0.717, 1.165) is 30.1 Å². The minimum absolute atomic E-state index is 0.552. The quantitative estimate of drug-likeness (QED) is 0.768. The van der Waals surface area contributed by atoms with Crippen LogP contribution < -0.4 is 10.1 Å². The number of hydrogen-bond donors (Lipinski definition) is 2. The van der Waals surface area contributed by atoms with Crippen molar-refractivity contribution in [3.63, 3.8) is 0 Å². The summed E-state index contributed by atoms with van der Waals surface area (Å²) in [5, 5.41) is 11.1. The number of H-pyrrole nitrogens is 1. The first-order chi connectivity index (χ1) is 11.8. The van der Waals surface area contributed by atoms with Gasteiger partial charge in [0.2, 0.25) is 0 Å². The van der Waals surface area contributed by atoms with Crippen LogP contribution >= 0.6 is 0 Å². The molecule has 0 radical (unpaired) electrons. The maximum absolute atomic E-state index is 5.23. The molecular formula is C20H21N3O. The maximum Gasteiger partial charge on any atom is 0.118 e. The molecule has 1 saturated heterocycles. The molecule has 0 bridgehead atoms. The first kappa shape index (κ1) is 15.0. The lowest BCUT2D eigenvalue weighted by Crippen LogP contribution is -2.08. The Morgan fingerprint density at radius 3 is 2.58 bits per heavy atom. The van der Waals surface area contributed by atoms with Gasteiger partial charge in [0.25, 0.3) is 0 Å². The highest BCUT2D eigenvalue weighted by molar-refractivity contribution is 5.71. The van der Waals surface area contributed by atoms with E-state index in [4.69, 9.17) is 4.74 Å². The van der Waals surface area contributed by atoms with Crippen LogP contribution in [0.5, 0.6) is 5.75 Å². The molecule has 3 aromatic rings. The molecule has 24 heavy (non-hydrogen) atoms. The van der Waals surface area contributed by atoms with E-state index in [0.29, 0.717) is 5.92 Å². The van der Waals surface area contributed by atoms with E-state index in [1.165, 1.54) is 23.2 Å². The Morgan fingerprint density at radius 2 is 1.83 bits per heavy atom. The van der Waals surface area contributed by atoms with Gasteiger partial charge >= 0.3 is 0 Å². The lowest BCUT2D eigenvalue weighted by Gasteiger charge is -2.05. The molecule has 0 amide bonds. The molecule has 1 aromatic heterocycles. The van der Waals surface area contributed by atoms with Gasteiger partial charge in [0.1, 0.15) is 5.75 Å². The fourth-order valence-corrected chi connectivity index (χ4v) is 3.26. The van der Waals surface area contributed by atoms with Crippen LogP contribution in [0.1, 0.15) is 18.0 Å². The highest BCUT2D eigenvalue weighted by atomic mass is 16.5. The van der Waals surface area contributed by atoms with Crippen molar-refractivity contribution in [1.82, 2.24) is 15.5 Å². The normalized spacial score (nSPS) is 17.1. The van der Waals surface area contributed by atoms with Crippen molar-refractivity contribution in [2.24, 2.45) is 0 Å². The van der Waals surface area contributed by atoms with Gasteiger partial charge in [-0.2, -0.15) is 5.10 Å². The van der Waals surface area contributed by atoms with E-state index in [1.54, 1.807) is 7.11 Å². The average molecular weight is 319 g/mol. The second kappa shape index (κ2) is 6.49. The number of nitrogens with one attached hydrogen (secondary N) is 2. The Hall–Kier alpha value is -2.59. The topological polar surface area (TPSA) is 49.9 Å². The summed E-state index contributed by atoms with van der Waals surface area (Å²) in [4.78, 5) is 0. The standard InChI is InChI=1S/C20H21N3O/c1-24-18-7-5-14(6-8-18)15-3-2-4-16(11-15)19-12-20(23-22-19)17-9-10-21-13-17/h2-8,11-12,17,21H,9-10,13H2,1H3,(H,22,23). The van der Waals surface area contributed by atoms with Gasteiger partial charge in [-0.3, -0.25) is 5.10 Å². The summed E-state index contributed by atoms with van der Waals surface area (Å²) < 4.78 is 5.23. The van der Waals surface area contributed by atoms with Crippen LogP contribution in [-0.4, -0.2) is 30.4 Å². The molecule has 1 aliphatic rings. The summed E-state index contributed by atoms with van der Waals surface area (Å²) in [6.45, 7) is 2.12. The van der Waals surface area contributed by atoms with E-state index in [2.05, 4.69) is 58.0 Å². The van der Waals surface area contributed by atoms with Crippen LogP contribution in [0.15, 0.2) is 54.6 Å². The van der Waals surface area contributed by atoms with Crippen molar-refractivity contribution >= 4 is 0 Å². The first-order valence-electron chi connectivity index (χ1n) is 8.34. The van der Waals surface area contributed by atoms with Crippen LogP contribution in [0.2, 0.25) is 0 Å². The summed E-state index contributed by atoms with van der Waals surface area (Å²) in [6.07, 6.45) is 1.17. The molecule has 2 aromatic carbocycles. The second-order valence-corrected chi connectivity index (χ2v) is 6.21. The lowest BCUT2D eigenvalue weighted by molar-refractivity contribution is 0.415. The average Bonchev–Trinajstić information content (AvgIpc) is 3.33. The van der Waals surface area contributed by atoms with E-state index >= 15 is 0 Å². The van der Waals surface area contributed by atoms with Gasteiger partial charge in [0, 0.05) is 23.7 Å². The molecule has 0 saturated carbocycles. The first-order valence-corrected chi connectivity index (χ1v) is 8.34. The van der Waals surface area contributed by atoms with Crippen LogP contribution in [0.4, 0.5) is 0 Å². The number of aromatic nitrogens is 2. The highest BCUT2D eigenvalue weighted by Gasteiger charge is 2.19. The lowest BCUT2D eigenvalue weighted by atomic mass is 10.0. The van der Waals surface area contributed by atoms with E-state index in [1.807, 2.05) is 12.1 Å². The van der Waals surface area contributed by atoms with Gasteiger partial charge < -0.3 is 10.1 Å². The molecule has 2 heterocycles. The minimum Gasteiger partial charge on any atom is -0.497 e.